The molecule has 3 unspecified atom stereocenters. The molecule has 2 nitrogen and oxygen atoms in total. The van der Waals surface area contributed by atoms with Crippen molar-refractivity contribution in [3.63, 3.8) is 0 Å². The molecule has 0 aromatic heterocycles. The van der Waals surface area contributed by atoms with Crippen LogP contribution in [-0.4, -0.2) is 11.6 Å². The van der Waals surface area contributed by atoms with E-state index in [-0.39, 0.29) is 11.6 Å². The molecule has 3 rings (SSSR count). The Morgan fingerprint density at radius 3 is 2.33 bits per heavy atom. The summed E-state index contributed by atoms with van der Waals surface area (Å²) in [7, 11) is 0. The molecule has 0 amide bonds. The monoisotopic (exact) mass is 324 g/mol. The number of hydrogen-bond acceptors (Lipinski definition) is 2. The lowest BCUT2D eigenvalue weighted by Gasteiger charge is -2.24. The quantitative estimate of drug-likeness (QED) is 0.567. The Balaban J connectivity index is 1.90. The normalized spacial score (nSPS) is 29.5. The van der Waals surface area contributed by atoms with Gasteiger partial charge in [0.25, 0.3) is 0 Å². The molecule has 0 saturated heterocycles. The molecule has 0 bridgehead atoms. The molecule has 0 aliphatic heterocycles. The van der Waals surface area contributed by atoms with Gasteiger partial charge in [0, 0.05) is 6.42 Å². The van der Waals surface area contributed by atoms with E-state index in [1.54, 1.807) is 0 Å². The number of rotatable bonds is 2. The summed E-state index contributed by atoms with van der Waals surface area (Å²) >= 11 is 0. The van der Waals surface area contributed by atoms with Gasteiger partial charge in [-0.05, 0) is 67.7 Å². The van der Waals surface area contributed by atoms with Crippen LogP contribution in [0.15, 0.2) is 23.8 Å². The molecule has 1 aromatic rings. The van der Waals surface area contributed by atoms with Crippen molar-refractivity contribution in [2.24, 2.45) is 11.8 Å². The van der Waals surface area contributed by atoms with E-state index in [0.29, 0.717) is 12.3 Å². The van der Waals surface area contributed by atoms with Crippen LogP contribution in [0, 0.1) is 32.6 Å². The van der Waals surface area contributed by atoms with Gasteiger partial charge in [-0.3, -0.25) is 9.59 Å². The number of allylic oxidation sites excluding steroid dienone is 2. The molecule has 0 heterocycles. The largest absolute Gasteiger partial charge is 0.298 e. The van der Waals surface area contributed by atoms with Crippen LogP contribution in [0.3, 0.4) is 0 Å². The summed E-state index contributed by atoms with van der Waals surface area (Å²) in [6.07, 6.45) is 7.28. The molecule has 2 aliphatic rings. The van der Waals surface area contributed by atoms with Crippen molar-refractivity contribution in [2.75, 3.05) is 0 Å². The molecule has 128 valence electrons. The van der Waals surface area contributed by atoms with E-state index in [1.165, 1.54) is 18.4 Å². The number of carbonyl (C=O) groups excluding carboxylic acids is 2. The van der Waals surface area contributed by atoms with Crippen molar-refractivity contribution in [1.29, 1.82) is 0 Å². The summed E-state index contributed by atoms with van der Waals surface area (Å²) < 4.78 is 0. The zero-order chi connectivity index (χ0) is 17.4. The first-order chi connectivity index (χ1) is 11.4. The SMILES string of the molecule is Cc1cc(C)c(C2C(=O)C/C(=C\C3CCCC(C)C3)C2=O)c(C)c1. The van der Waals surface area contributed by atoms with Gasteiger partial charge < -0.3 is 0 Å². The van der Waals surface area contributed by atoms with Crippen molar-refractivity contribution in [1.82, 2.24) is 0 Å². The van der Waals surface area contributed by atoms with Crippen LogP contribution < -0.4 is 0 Å². The fourth-order valence-electron chi connectivity index (χ4n) is 4.71. The number of aryl methyl sites for hydroxylation is 3. The summed E-state index contributed by atoms with van der Waals surface area (Å²) in [6.45, 7) is 8.37. The minimum Gasteiger partial charge on any atom is -0.298 e. The molecule has 0 N–H and O–H groups in total. The number of benzene rings is 1. The number of hydrogen-bond donors (Lipinski definition) is 0. The molecule has 2 fully saturated rings. The van der Waals surface area contributed by atoms with Crippen molar-refractivity contribution in [3.8, 4) is 0 Å². The average Bonchev–Trinajstić information content (AvgIpc) is 2.74. The standard InChI is InChI=1S/C22H28O2/c1-13-6-5-7-17(10-13)11-18-12-19(23)21(22(18)24)20-15(3)8-14(2)9-16(20)4/h8-9,11,13,17,21H,5-7,10,12H2,1-4H3/b18-11+. The van der Waals surface area contributed by atoms with Gasteiger partial charge in [0.2, 0.25) is 0 Å². The molecule has 3 atom stereocenters. The fourth-order valence-corrected chi connectivity index (χ4v) is 4.71. The Kier molecular flexibility index (Phi) is 4.76. The maximum absolute atomic E-state index is 13.0. The minimum absolute atomic E-state index is 0.0493. The summed E-state index contributed by atoms with van der Waals surface area (Å²) in [5.74, 6) is 0.751. The lowest BCUT2D eigenvalue weighted by Crippen LogP contribution is -2.16. The highest BCUT2D eigenvalue weighted by atomic mass is 16.2. The lowest BCUT2D eigenvalue weighted by molar-refractivity contribution is -0.123. The van der Waals surface area contributed by atoms with Gasteiger partial charge in [-0.2, -0.15) is 0 Å². The van der Waals surface area contributed by atoms with Crippen molar-refractivity contribution >= 4 is 11.6 Å². The van der Waals surface area contributed by atoms with Crippen LogP contribution in [0.25, 0.3) is 0 Å². The second kappa shape index (κ2) is 6.66. The highest BCUT2D eigenvalue weighted by molar-refractivity contribution is 6.23. The molecule has 0 radical (unpaired) electrons. The van der Waals surface area contributed by atoms with Gasteiger partial charge in [-0.25, -0.2) is 0 Å². The van der Waals surface area contributed by atoms with Gasteiger partial charge >= 0.3 is 0 Å². The second-order valence-corrected chi connectivity index (χ2v) is 7.98. The first-order valence-electron chi connectivity index (χ1n) is 9.22. The number of ketones is 2. The van der Waals surface area contributed by atoms with Crippen molar-refractivity contribution in [3.05, 3.63) is 46.0 Å². The summed E-state index contributed by atoms with van der Waals surface area (Å²) in [4.78, 5) is 25.6. The van der Waals surface area contributed by atoms with Crippen LogP contribution in [-0.2, 0) is 9.59 Å². The number of carbonyl (C=O) groups is 2. The van der Waals surface area contributed by atoms with Crippen LogP contribution in [0.5, 0.6) is 0 Å². The lowest BCUT2D eigenvalue weighted by atomic mass is 9.81. The van der Waals surface area contributed by atoms with Crippen molar-refractivity contribution in [2.45, 2.75) is 65.7 Å². The van der Waals surface area contributed by atoms with E-state index in [4.69, 9.17) is 0 Å². The van der Waals surface area contributed by atoms with E-state index in [2.05, 4.69) is 32.1 Å². The van der Waals surface area contributed by atoms with Gasteiger partial charge in [-0.1, -0.05) is 43.5 Å². The van der Waals surface area contributed by atoms with E-state index < -0.39 is 5.92 Å². The Morgan fingerprint density at radius 2 is 1.71 bits per heavy atom. The minimum atomic E-state index is -0.571. The molecular formula is C22H28O2. The topological polar surface area (TPSA) is 34.1 Å². The van der Waals surface area contributed by atoms with E-state index in [9.17, 15) is 9.59 Å². The fraction of sp³-hybridized carbons (Fsp3) is 0.545. The third-order valence-corrected chi connectivity index (χ3v) is 5.71. The van der Waals surface area contributed by atoms with Crippen LogP contribution in [0.4, 0.5) is 0 Å². The van der Waals surface area contributed by atoms with Crippen molar-refractivity contribution < 1.29 is 9.59 Å². The highest BCUT2D eigenvalue weighted by Gasteiger charge is 2.40. The summed E-state index contributed by atoms with van der Waals surface area (Å²) in [5, 5.41) is 0. The Bertz CT molecular complexity index is 688. The predicted octanol–water partition coefficient (Wildman–Crippen LogP) is 4.99. The van der Waals surface area contributed by atoms with Crippen LogP contribution in [0.1, 0.15) is 67.2 Å². The Morgan fingerprint density at radius 1 is 1.04 bits per heavy atom. The summed E-state index contributed by atoms with van der Waals surface area (Å²) in [6, 6.07) is 4.15. The highest BCUT2D eigenvalue weighted by Crippen LogP contribution is 2.38. The molecule has 24 heavy (non-hydrogen) atoms. The Labute approximate surface area is 145 Å². The van der Waals surface area contributed by atoms with Gasteiger partial charge in [0.15, 0.2) is 11.6 Å². The molecule has 0 spiro atoms. The number of Topliss-reactive ketones (excluding diaryl/α,β-unsaturated/α-hetero) is 2. The van der Waals surface area contributed by atoms with Gasteiger partial charge in [0.05, 0.1) is 0 Å². The maximum Gasteiger partial charge on any atom is 0.173 e. The van der Waals surface area contributed by atoms with E-state index in [1.807, 2.05) is 13.8 Å². The van der Waals surface area contributed by atoms with Crippen LogP contribution in [0.2, 0.25) is 0 Å². The second-order valence-electron chi connectivity index (χ2n) is 7.98. The maximum atomic E-state index is 13.0. The predicted molar refractivity (Wildman–Crippen MR) is 97.2 cm³/mol. The first-order valence-corrected chi connectivity index (χ1v) is 9.22. The third kappa shape index (κ3) is 3.24. The first kappa shape index (κ1) is 17.1. The third-order valence-electron chi connectivity index (χ3n) is 5.71. The Hall–Kier alpha value is -1.70. The molecule has 2 saturated carbocycles. The molecule has 1 aromatic carbocycles. The van der Waals surface area contributed by atoms with Gasteiger partial charge in [-0.15, -0.1) is 0 Å². The molecule has 2 heteroatoms. The average molecular weight is 324 g/mol. The van der Waals surface area contributed by atoms with E-state index >= 15 is 0 Å². The zero-order valence-corrected chi connectivity index (χ0v) is 15.3. The molecular weight excluding hydrogens is 296 g/mol. The zero-order valence-electron chi connectivity index (χ0n) is 15.3. The smallest absolute Gasteiger partial charge is 0.173 e. The van der Waals surface area contributed by atoms with E-state index in [0.717, 1.165) is 41.0 Å². The summed E-state index contributed by atoms with van der Waals surface area (Å²) in [5.41, 5.74) is 5.01. The molecule has 2 aliphatic carbocycles. The van der Waals surface area contributed by atoms with Crippen LogP contribution >= 0.6 is 0 Å². The van der Waals surface area contributed by atoms with Gasteiger partial charge in [0.1, 0.15) is 5.92 Å².